The summed E-state index contributed by atoms with van der Waals surface area (Å²) in [6, 6.07) is 6.28. The van der Waals surface area contributed by atoms with Crippen LogP contribution in [-0.4, -0.2) is 18.0 Å². The van der Waals surface area contributed by atoms with Gasteiger partial charge in [0.25, 0.3) is 0 Å². The third-order valence-electron chi connectivity index (χ3n) is 3.99. The molecule has 100 valence electrons. The van der Waals surface area contributed by atoms with Crippen LogP contribution in [0, 0.1) is 5.92 Å². The highest BCUT2D eigenvalue weighted by Gasteiger charge is 2.15. The average Bonchev–Trinajstić information content (AvgIpc) is 2.59. The minimum atomic E-state index is 0.820. The lowest BCUT2D eigenvalue weighted by atomic mass is 9.98. The van der Waals surface area contributed by atoms with E-state index >= 15 is 0 Å². The Morgan fingerprint density at radius 3 is 2.89 bits per heavy atom. The summed E-state index contributed by atoms with van der Waals surface area (Å²) in [6.45, 7) is 5.84. The predicted octanol–water partition coefficient (Wildman–Crippen LogP) is 4.04. The maximum atomic E-state index is 5.82. The number of hydrogen-bond acceptors (Lipinski definition) is 2. The SMILES string of the molecule is CCC1CCCN(Cc2ccc(N)c(Br)c2)CC1. The number of nitrogens with two attached hydrogens (primary N) is 1. The smallest absolute Gasteiger partial charge is 0.0458 e. The standard InChI is InChI=1S/C15H23BrN2/c1-2-12-4-3-8-18(9-7-12)11-13-5-6-15(17)14(16)10-13/h5-6,10,12H,2-4,7-9,11,17H2,1H3. The molecule has 2 rings (SSSR count). The van der Waals surface area contributed by atoms with E-state index in [4.69, 9.17) is 5.73 Å². The molecule has 1 saturated heterocycles. The van der Waals surface area contributed by atoms with Crippen molar-refractivity contribution in [1.82, 2.24) is 4.90 Å². The lowest BCUT2D eigenvalue weighted by Crippen LogP contribution is -2.24. The molecule has 3 heteroatoms. The van der Waals surface area contributed by atoms with Crippen LogP contribution in [0.25, 0.3) is 0 Å². The molecule has 2 nitrogen and oxygen atoms in total. The Morgan fingerprint density at radius 1 is 1.33 bits per heavy atom. The second-order valence-corrected chi connectivity index (χ2v) is 6.19. The number of benzene rings is 1. The molecule has 1 unspecified atom stereocenters. The zero-order valence-corrected chi connectivity index (χ0v) is 12.7. The van der Waals surface area contributed by atoms with E-state index in [-0.39, 0.29) is 0 Å². The second kappa shape index (κ2) is 6.58. The monoisotopic (exact) mass is 310 g/mol. The van der Waals surface area contributed by atoms with Crippen molar-refractivity contribution in [3.8, 4) is 0 Å². The summed E-state index contributed by atoms with van der Waals surface area (Å²) in [5.41, 5.74) is 8.00. The number of halogens is 1. The Morgan fingerprint density at radius 2 is 2.17 bits per heavy atom. The fourth-order valence-corrected chi connectivity index (χ4v) is 3.14. The summed E-state index contributed by atoms with van der Waals surface area (Å²) in [4.78, 5) is 2.58. The summed E-state index contributed by atoms with van der Waals surface area (Å²) in [6.07, 6.45) is 5.43. The predicted molar refractivity (Wildman–Crippen MR) is 81.5 cm³/mol. The van der Waals surface area contributed by atoms with E-state index in [1.54, 1.807) is 0 Å². The minimum Gasteiger partial charge on any atom is -0.398 e. The lowest BCUT2D eigenvalue weighted by molar-refractivity contribution is 0.272. The Bertz CT molecular complexity index is 392. The Labute approximate surface area is 119 Å². The topological polar surface area (TPSA) is 29.3 Å². The number of anilines is 1. The van der Waals surface area contributed by atoms with Gasteiger partial charge in [-0.3, -0.25) is 4.90 Å². The fourth-order valence-electron chi connectivity index (χ4n) is 2.72. The normalized spacial score (nSPS) is 21.8. The summed E-state index contributed by atoms with van der Waals surface area (Å²) in [7, 11) is 0. The van der Waals surface area contributed by atoms with Crippen molar-refractivity contribution in [1.29, 1.82) is 0 Å². The van der Waals surface area contributed by atoms with Crippen LogP contribution in [0.1, 0.15) is 38.2 Å². The maximum absolute atomic E-state index is 5.82. The van der Waals surface area contributed by atoms with Gasteiger partial charge >= 0.3 is 0 Å². The maximum Gasteiger partial charge on any atom is 0.0458 e. The number of hydrogen-bond donors (Lipinski definition) is 1. The van der Waals surface area contributed by atoms with Gasteiger partial charge in [0.15, 0.2) is 0 Å². The summed E-state index contributed by atoms with van der Waals surface area (Å²) in [5.74, 6) is 0.938. The highest BCUT2D eigenvalue weighted by molar-refractivity contribution is 9.10. The lowest BCUT2D eigenvalue weighted by Gasteiger charge is -2.20. The molecule has 1 atom stereocenters. The van der Waals surface area contributed by atoms with Gasteiger partial charge in [0, 0.05) is 16.7 Å². The highest BCUT2D eigenvalue weighted by Crippen LogP contribution is 2.24. The highest BCUT2D eigenvalue weighted by atomic mass is 79.9. The van der Waals surface area contributed by atoms with E-state index in [0.29, 0.717) is 0 Å². The first kappa shape index (κ1) is 13.9. The van der Waals surface area contributed by atoms with Crippen LogP contribution >= 0.6 is 15.9 Å². The largest absolute Gasteiger partial charge is 0.398 e. The second-order valence-electron chi connectivity index (χ2n) is 5.34. The molecule has 2 N–H and O–H groups in total. The first-order valence-corrected chi connectivity index (χ1v) is 7.74. The summed E-state index contributed by atoms with van der Waals surface area (Å²) < 4.78 is 1.02. The van der Waals surface area contributed by atoms with Gasteiger partial charge in [0.2, 0.25) is 0 Å². The molecular formula is C15H23BrN2. The molecule has 0 radical (unpaired) electrons. The van der Waals surface area contributed by atoms with Gasteiger partial charge in [-0.15, -0.1) is 0 Å². The first-order chi connectivity index (χ1) is 8.69. The molecule has 18 heavy (non-hydrogen) atoms. The van der Waals surface area contributed by atoms with E-state index in [2.05, 4.69) is 39.9 Å². The summed E-state index contributed by atoms with van der Waals surface area (Å²) in [5, 5.41) is 0. The van der Waals surface area contributed by atoms with Crippen molar-refractivity contribution in [2.24, 2.45) is 5.92 Å². The molecule has 0 aliphatic carbocycles. The molecule has 1 aromatic carbocycles. The van der Waals surface area contributed by atoms with E-state index in [1.165, 1.54) is 44.3 Å². The molecule has 0 bridgehead atoms. The third kappa shape index (κ3) is 3.72. The number of rotatable bonds is 3. The molecule has 0 spiro atoms. The Balaban J connectivity index is 1.94. The Kier molecular flexibility index (Phi) is 5.07. The van der Waals surface area contributed by atoms with Crippen LogP contribution < -0.4 is 5.73 Å². The van der Waals surface area contributed by atoms with Gasteiger partial charge in [0.05, 0.1) is 0 Å². The Hall–Kier alpha value is -0.540. The van der Waals surface area contributed by atoms with Crippen molar-refractivity contribution in [3.05, 3.63) is 28.2 Å². The van der Waals surface area contributed by atoms with Crippen molar-refractivity contribution in [2.75, 3.05) is 18.8 Å². The van der Waals surface area contributed by atoms with Gasteiger partial charge < -0.3 is 5.73 Å². The van der Waals surface area contributed by atoms with Crippen LogP contribution in [0.2, 0.25) is 0 Å². The fraction of sp³-hybridized carbons (Fsp3) is 0.600. The molecule has 1 fully saturated rings. The van der Waals surface area contributed by atoms with E-state index in [1.807, 2.05) is 6.07 Å². The van der Waals surface area contributed by atoms with Gasteiger partial charge in [-0.2, -0.15) is 0 Å². The van der Waals surface area contributed by atoms with Crippen LogP contribution in [-0.2, 0) is 6.54 Å². The molecule has 1 aliphatic rings. The average molecular weight is 311 g/mol. The van der Waals surface area contributed by atoms with Crippen molar-refractivity contribution >= 4 is 21.6 Å². The molecule has 1 aliphatic heterocycles. The first-order valence-electron chi connectivity index (χ1n) is 6.95. The minimum absolute atomic E-state index is 0.820. The van der Waals surface area contributed by atoms with Crippen LogP contribution in [0.15, 0.2) is 22.7 Å². The van der Waals surface area contributed by atoms with Crippen LogP contribution in [0.5, 0.6) is 0 Å². The zero-order valence-electron chi connectivity index (χ0n) is 11.2. The molecule has 0 aromatic heterocycles. The molecule has 1 heterocycles. The number of likely N-dealkylation sites (tertiary alicyclic amines) is 1. The third-order valence-corrected chi connectivity index (χ3v) is 4.68. The van der Waals surface area contributed by atoms with Gasteiger partial charge in [-0.05, 0) is 71.9 Å². The van der Waals surface area contributed by atoms with Gasteiger partial charge in [-0.25, -0.2) is 0 Å². The van der Waals surface area contributed by atoms with Crippen LogP contribution in [0.3, 0.4) is 0 Å². The van der Waals surface area contributed by atoms with Gasteiger partial charge in [-0.1, -0.05) is 19.4 Å². The van der Waals surface area contributed by atoms with Crippen LogP contribution in [0.4, 0.5) is 5.69 Å². The number of nitrogens with zero attached hydrogens (tertiary/aromatic N) is 1. The van der Waals surface area contributed by atoms with E-state index in [0.717, 1.165) is 22.6 Å². The molecular weight excluding hydrogens is 288 g/mol. The molecule has 1 aromatic rings. The number of nitrogen functional groups attached to an aromatic ring is 1. The van der Waals surface area contributed by atoms with E-state index in [9.17, 15) is 0 Å². The quantitative estimate of drug-likeness (QED) is 0.854. The van der Waals surface area contributed by atoms with Crippen molar-refractivity contribution < 1.29 is 0 Å². The summed E-state index contributed by atoms with van der Waals surface area (Å²) >= 11 is 3.50. The molecule has 0 saturated carbocycles. The zero-order chi connectivity index (χ0) is 13.0. The van der Waals surface area contributed by atoms with Crippen molar-refractivity contribution in [3.63, 3.8) is 0 Å². The molecule has 0 amide bonds. The van der Waals surface area contributed by atoms with Gasteiger partial charge in [0.1, 0.15) is 0 Å². The van der Waals surface area contributed by atoms with Crippen molar-refractivity contribution in [2.45, 2.75) is 39.2 Å². The van der Waals surface area contributed by atoms with E-state index < -0.39 is 0 Å².